The Labute approximate surface area is 127 Å². The zero-order valence-corrected chi connectivity index (χ0v) is 13.8. The first kappa shape index (κ1) is 15.7. The summed E-state index contributed by atoms with van der Waals surface area (Å²) in [5, 5.41) is 3.64. The Balaban J connectivity index is 1.84. The fraction of sp³-hybridized carbons (Fsp3) is 0.647. The van der Waals surface area contributed by atoms with E-state index < -0.39 is 0 Å². The Morgan fingerprint density at radius 1 is 1.30 bits per heavy atom. The standard InChI is InChI=1S/C17H27NOS/c1-14(2)19-16-8-6-7-15(11-16)12-18-13-17(20-3)9-4-5-10-17/h6-8,11,14,18H,4-5,9-10,12-13H2,1-3H3. The van der Waals surface area contributed by atoms with Crippen LogP contribution >= 0.6 is 11.8 Å². The number of hydrogen-bond donors (Lipinski definition) is 1. The van der Waals surface area contributed by atoms with E-state index in [-0.39, 0.29) is 6.10 Å². The quantitative estimate of drug-likeness (QED) is 0.812. The van der Waals surface area contributed by atoms with E-state index in [1.54, 1.807) is 0 Å². The van der Waals surface area contributed by atoms with Crippen molar-refractivity contribution in [3.05, 3.63) is 29.8 Å². The second-order valence-corrected chi connectivity index (χ2v) is 7.29. The van der Waals surface area contributed by atoms with Gasteiger partial charge in [-0.25, -0.2) is 0 Å². The SMILES string of the molecule is CSC1(CNCc2cccc(OC(C)C)c2)CCCC1. The highest BCUT2D eigenvalue weighted by Gasteiger charge is 2.32. The maximum atomic E-state index is 5.74. The third-order valence-electron chi connectivity index (χ3n) is 3.99. The van der Waals surface area contributed by atoms with Crippen LogP contribution in [0.4, 0.5) is 0 Å². The molecule has 0 radical (unpaired) electrons. The summed E-state index contributed by atoms with van der Waals surface area (Å²) in [6.45, 7) is 6.17. The summed E-state index contributed by atoms with van der Waals surface area (Å²) < 4.78 is 6.22. The van der Waals surface area contributed by atoms with Crippen LogP contribution in [0.2, 0.25) is 0 Å². The molecule has 0 unspecified atom stereocenters. The van der Waals surface area contributed by atoms with E-state index >= 15 is 0 Å². The van der Waals surface area contributed by atoms with Crippen LogP contribution in [0.3, 0.4) is 0 Å². The van der Waals surface area contributed by atoms with E-state index in [1.165, 1.54) is 31.2 Å². The summed E-state index contributed by atoms with van der Waals surface area (Å²) in [4.78, 5) is 0. The zero-order valence-electron chi connectivity index (χ0n) is 12.9. The predicted molar refractivity (Wildman–Crippen MR) is 88.6 cm³/mol. The molecular formula is C17H27NOS. The lowest BCUT2D eigenvalue weighted by atomic mass is 10.1. The molecule has 1 N–H and O–H groups in total. The number of rotatable bonds is 7. The van der Waals surface area contributed by atoms with Crippen molar-refractivity contribution in [2.24, 2.45) is 0 Å². The van der Waals surface area contributed by atoms with Gasteiger partial charge in [0.1, 0.15) is 5.75 Å². The van der Waals surface area contributed by atoms with Gasteiger partial charge in [-0.1, -0.05) is 25.0 Å². The van der Waals surface area contributed by atoms with Crippen LogP contribution < -0.4 is 10.1 Å². The highest BCUT2D eigenvalue weighted by molar-refractivity contribution is 8.00. The van der Waals surface area contributed by atoms with Gasteiger partial charge in [-0.15, -0.1) is 0 Å². The second kappa shape index (κ2) is 7.37. The Morgan fingerprint density at radius 3 is 2.70 bits per heavy atom. The van der Waals surface area contributed by atoms with Crippen LogP contribution in [0, 0.1) is 0 Å². The van der Waals surface area contributed by atoms with Gasteiger partial charge in [-0.2, -0.15) is 11.8 Å². The molecule has 2 nitrogen and oxygen atoms in total. The minimum atomic E-state index is 0.233. The largest absolute Gasteiger partial charge is 0.491 e. The lowest BCUT2D eigenvalue weighted by molar-refractivity contribution is 0.242. The number of thioether (sulfide) groups is 1. The molecule has 20 heavy (non-hydrogen) atoms. The maximum Gasteiger partial charge on any atom is 0.120 e. The summed E-state index contributed by atoms with van der Waals surface area (Å²) >= 11 is 2.04. The van der Waals surface area contributed by atoms with Crippen molar-refractivity contribution in [3.8, 4) is 5.75 Å². The molecule has 1 aliphatic rings. The molecule has 1 aromatic rings. The molecule has 1 fully saturated rings. The molecular weight excluding hydrogens is 266 g/mol. The van der Waals surface area contributed by atoms with Crippen molar-refractivity contribution in [1.82, 2.24) is 5.32 Å². The van der Waals surface area contributed by atoms with Crippen molar-refractivity contribution in [3.63, 3.8) is 0 Å². The van der Waals surface area contributed by atoms with Gasteiger partial charge in [0.2, 0.25) is 0 Å². The van der Waals surface area contributed by atoms with Gasteiger partial charge >= 0.3 is 0 Å². The van der Waals surface area contributed by atoms with Crippen molar-refractivity contribution < 1.29 is 4.74 Å². The first-order valence-corrected chi connectivity index (χ1v) is 8.87. The monoisotopic (exact) mass is 293 g/mol. The molecule has 0 aromatic heterocycles. The Morgan fingerprint density at radius 2 is 2.05 bits per heavy atom. The molecule has 0 bridgehead atoms. The van der Waals surface area contributed by atoms with Crippen LogP contribution in [0.1, 0.15) is 45.1 Å². The molecule has 1 aliphatic carbocycles. The molecule has 0 spiro atoms. The van der Waals surface area contributed by atoms with Crippen molar-refractivity contribution >= 4 is 11.8 Å². The van der Waals surface area contributed by atoms with Gasteiger partial charge in [0.25, 0.3) is 0 Å². The van der Waals surface area contributed by atoms with E-state index in [9.17, 15) is 0 Å². The van der Waals surface area contributed by atoms with Gasteiger partial charge in [-0.05, 0) is 50.6 Å². The van der Waals surface area contributed by atoms with Crippen LogP contribution in [-0.2, 0) is 6.54 Å². The van der Waals surface area contributed by atoms with Crippen LogP contribution in [0.5, 0.6) is 5.75 Å². The number of nitrogens with one attached hydrogen (secondary N) is 1. The smallest absolute Gasteiger partial charge is 0.120 e. The van der Waals surface area contributed by atoms with Crippen molar-refractivity contribution in [2.75, 3.05) is 12.8 Å². The third kappa shape index (κ3) is 4.42. The second-order valence-electron chi connectivity index (χ2n) is 6.01. The predicted octanol–water partition coefficient (Wildman–Crippen LogP) is 4.24. The lowest BCUT2D eigenvalue weighted by Crippen LogP contribution is -2.34. The topological polar surface area (TPSA) is 21.3 Å². The van der Waals surface area contributed by atoms with E-state index in [2.05, 4.69) is 43.6 Å². The minimum absolute atomic E-state index is 0.233. The zero-order chi connectivity index (χ0) is 14.4. The van der Waals surface area contributed by atoms with Crippen LogP contribution in [0.15, 0.2) is 24.3 Å². The number of benzene rings is 1. The minimum Gasteiger partial charge on any atom is -0.491 e. The molecule has 1 saturated carbocycles. The highest BCUT2D eigenvalue weighted by Crippen LogP contribution is 2.39. The summed E-state index contributed by atoms with van der Waals surface area (Å²) in [6, 6.07) is 8.42. The van der Waals surface area contributed by atoms with Gasteiger partial charge in [0.05, 0.1) is 6.10 Å². The van der Waals surface area contributed by atoms with E-state index in [0.29, 0.717) is 4.75 Å². The third-order valence-corrected chi connectivity index (χ3v) is 5.41. The Kier molecular flexibility index (Phi) is 5.79. The fourth-order valence-corrected chi connectivity index (χ4v) is 3.85. The average molecular weight is 293 g/mol. The molecule has 3 heteroatoms. The van der Waals surface area contributed by atoms with Crippen LogP contribution in [-0.4, -0.2) is 23.7 Å². The van der Waals surface area contributed by atoms with E-state index in [4.69, 9.17) is 4.74 Å². The van der Waals surface area contributed by atoms with Crippen LogP contribution in [0.25, 0.3) is 0 Å². The molecule has 2 rings (SSSR count). The normalized spacial score (nSPS) is 17.6. The Bertz CT molecular complexity index is 413. The molecule has 0 aliphatic heterocycles. The van der Waals surface area contributed by atoms with Gasteiger partial charge in [0, 0.05) is 17.8 Å². The van der Waals surface area contributed by atoms with Crippen molar-refractivity contribution in [1.29, 1.82) is 0 Å². The molecule has 0 atom stereocenters. The average Bonchev–Trinajstić information content (AvgIpc) is 2.88. The van der Waals surface area contributed by atoms with Crippen molar-refractivity contribution in [2.45, 2.75) is 56.9 Å². The fourth-order valence-electron chi connectivity index (χ4n) is 2.91. The van der Waals surface area contributed by atoms with E-state index in [0.717, 1.165) is 18.8 Å². The Hall–Kier alpha value is -0.670. The van der Waals surface area contributed by atoms with Gasteiger partial charge in [-0.3, -0.25) is 0 Å². The molecule has 0 heterocycles. The molecule has 0 saturated heterocycles. The number of ether oxygens (including phenoxy) is 1. The summed E-state index contributed by atoms with van der Waals surface area (Å²) in [5.41, 5.74) is 1.30. The van der Waals surface area contributed by atoms with Gasteiger partial charge < -0.3 is 10.1 Å². The summed E-state index contributed by atoms with van der Waals surface area (Å²) in [5.74, 6) is 0.972. The molecule has 1 aromatic carbocycles. The lowest BCUT2D eigenvalue weighted by Gasteiger charge is -2.27. The first-order valence-electron chi connectivity index (χ1n) is 7.65. The van der Waals surface area contributed by atoms with Gasteiger partial charge in [0.15, 0.2) is 0 Å². The molecule has 112 valence electrons. The molecule has 0 amide bonds. The first-order chi connectivity index (χ1) is 9.63. The van der Waals surface area contributed by atoms with E-state index in [1.807, 2.05) is 17.8 Å². The maximum absolute atomic E-state index is 5.74. The summed E-state index contributed by atoms with van der Waals surface area (Å²) in [6.07, 6.45) is 7.98. The highest BCUT2D eigenvalue weighted by atomic mass is 32.2. The summed E-state index contributed by atoms with van der Waals surface area (Å²) in [7, 11) is 0. The number of hydrogen-bond acceptors (Lipinski definition) is 3.